The molecule has 0 aliphatic carbocycles. The Morgan fingerprint density at radius 2 is 1.87 bits per heavy atom. The summed E-state index contributed by atoms with van der Waals surface area (Å²) >= 11 is 5.61. The lowest BCUT2D eigenvalue weighted by Gasteiger charge is -2.26. The van der Waals surface area contributed by atoms with Gasteiger partial charge in [-0.05, 0) is 73.9 Å². The minimum atomic E-state index is -0.127. The molecule has 0 saturated heterocycles. The van der Waals surface area contributed by atoms with Crippen LogP contribution in [0, 0.1) is 13.8 Å². The lowest BCUT2D eigenvalue weighted by atomic mass is 10.0. The molecule has 0 saturated carbocycles. The maximum Gasteiger partial charge on any atom is 0.253 e. The number of nitrogens with zero attached hydrogens (tertiary/aromatic N) is 1. The SMILES string of the molecule is COc1ccc(NC(=S)N(CCCO)Cc2cc3c(C)ccc(C)c3[nH]c2=O)cc1. The van der Waals surface area contributed by atoms with Gasteiger partial charge in [-0.3, -0.25) is 4.79 Å². The number of thiocarbonyl (C=S) groups is 1. The molecule has 158 valence electrons. The van der Waals surface area contributed by atoms with Crippen molar-refractivity contribution in [3.63, 3.8) is 0 Å². The fraction of sp³-hybridized carbons (Fsp3) is 0.304. The van der Waals surface area contributed by atoms with Gasteiger partial charge in [-0.15, -0.1) is 0 Å². The normalized spacial score (nSPS) is 10.8. The highest BCUT2D eigenvalue weighted by atomic mass is 32.1. The Morgan fingerprint density at radius 3 is 2.53 bits per heavy atom. The first kappa shape index (κ1) is 21.8. The molecule has 3 rings (SSSR count). The van der Waals surface area contributed by atoms with Crippen LogP contribution in [0.2, 0.25) is 0 Å². The molecule has 30 heavy (non-hydrogen) atoms. The van der Waals surface area contributed by atoms with E-state index in [0.717, 1.165) is 33.5 Å². The molecule has 0 unspecified atom stereocenters. The van der Waals surface area contributed by atoms with Crippen LogP contribution in [0.3, 0.4) is 0 Å². The molecule has 3 N–H and O–H groups in total. The Hall–Kier alpha value is -2.90. The fourth-order valence-electron chi connectivity index (χ4n) is 3.33. The number of aromatic nitrogens is 1. The van der Waals surface area contributed by atoms with Crippen LogP contribution in [0.4, 0.5) is 5.69 Å². The van der Waals surface area contributed by atoms with E-state index in [0.29, 0.717) is 30.2 Å². The van der Waals surface area contributed by atoms with Gasteiger partial charge in [0.1, 0.15) is 5.75 Å². The molecule has 0 fully saturated rings. The van der Waals surface area contributed by atoms with Gasteiger partial charge in [-0.2, -0.15) is 0 Å². The standard InChI is InChI=1S/C23H27N3O3S/c1-15-5-6-16(2)21-20(15)13-17(22(28)25-21)14-26(11-4-12-27)23(30)24-18-7-9-19(29-3)10-8-18/h5-10,13,27H,4,11-12,14H2,1-3H3,(H,24,30)(H,25,28). The van der Waals surface area contributed by atoms with Crippen molar-refractivity contribution in [3.8, 4) is 5.75 Å². The number of benzene rings is 2. The van der Waals surface area contributed by atoms with E-state index in [9.17, 15) is 9.90 Å². The molecule has 0 aliphatic rings. The highest BCUT2D eigenvalue weighted by Gasteiger charge is 2.14. The van der Waals surface area contributed by atoms with Gasteiger partial charge in [0.25, 0.3) is 5.56 Å². The molecular formula is C23H27N3O3S. The maximum atomic E-state index is 12.7. The third-order valence-electron chi connectivity index (χ3n) is 5.10. The number of aromatic amines is 1. The second-order valence-corrected chi connectivity index (χ2v) is 7.66. The summed E-state index contributed by atoms with van der Waals surface area (Å²) in [5.41, 5.74) is 4.34. The van der Waals surface area contributed by atoms with Crippen molar-refractivity contribution in [3.05, 3.63) is 69.5 Å². The molecule has 1 heterocycles. The Morgan fingerprint density at radius 1 is 1.17 bits per heavy atom. The highest BCUT2D eigenvalue weighted by Crippen LogP contribution is 2.21. The van der Waals surface area contributed by atoms with E-state index in [2.05, 4.69) is 16.4 Å². The van der Waals surface area contributed by atoms with E-state index in [1.807, 2.05) is 55.1 Å². The molecule has 3 aromatic rings. The summed E-state index contributed by atoms with van der Waals surface area (Å²) < 4.78 is 5.18. The van der Waals surface area contributed by atoms with Crippen molar-refractivity contribution >= 4 is 33.9 Å². The minimum Gasteiger partial charge on any atom is -0.497 e. The van der Waals surface area contributed by atoms with E-state index in [4.69, 9.17) is 17.0 Å². The van der Waals surface area contributed by atoms with E-state index in [1.165, 1.54) is 0 Å². The number of nitrogens with one attached hydrogen (secondary N) is 2. The van der Waals surface area contributed by atoms with Crippen molar-refractivity contribution < 1.29 is 9.84 Å². The predicted molar refractivity (Wildman–Crippen MR) is 125 cm³/mol. The summed E-state index contributed by atoms with van der Waals surface area (Å²) in [6.45, 7) is 4.94. The lowest BCUT2D eigenvalue weighted by Crippen LogP contribution is -2.37. The van der Waals surface area contributed by atoms with Gasteiger partial charge in [0, 0.05) is 29.8 Å². The molecule has 0 amide bonds. The zero-order valence-corrected chi connectivity index (χ0v) is 18.3. The molecule has 0 radical (unpaired) electrons. The number of anilines is 1. The number of methoxy groups -OCH3 is 1. The second-order valence-electron chi connectivity index (χ2n) is 7.27. The van der Waals surface area contributed by atoms with Crippen LogP contribution in [-0.2, 0) is 6.54 Å². The molecule has 1 aromatic heterocycles. The monoisotopic (exact) mass is 425 g/mol. The van der Waals surface area contributed by atoms with Gasteiger partial charge in [0.15, 0.2) is 5.11 Å². The minimum absolute atomic E-state index is 0.0496. The van der Waals surface area contributed by atoms with Crippen molar-refractivity contribution in [2.24, 2.45) is 0 Å². The summed E-state index contributed by atoms with van der Waals surface area (Å²) in [7, 11) is 1.62. The van der Waals surface area contributed by atoms with Crippen LogP contribution in [0.1, 0.15) is 23.1 Å². The number of pyridine rings is 1. The Bertz CT molecular complexity index is 1090. The summed E-state index contributed by atoms with van der Waals surface area (Å²) in [5.74, 6) is 0.761. The van der Waals surface area contributed by atoms with Gasteiger partial charge in [0.2, 0.25) is 0 Å². The lowest BCUT2D eigenvalue weighted by molar-refractivity contribution is 0.266. The Balaban J connectivity index is 1.86. The van der Waals surface area contributed by atoms with Crippen LogP contribution in [-0.4, -0.2) is 40.4 Å². The predicted octanol–water partition coefficient (Wildman–Crippen LogP) is 3.73. The molecule has 0 spiro atoms. The van der Waals surface area contributed by atoms with Gasteiger partial charge in [0.05, 0.1) is 19.2 Å². The van der Waals surface area contributed by atoms with E-state index in [-0.39, 0.29) is 12.2 Å². The van der Waals surface area contributed by atoms with Crippen LogP contribution in [0.15, 0.2) is 47.3 Å². The summed E-state index contributed by atoms with van der Waals surface area (Å²) in [4.78, 5) is 17.7. The number of aliphatic hydroxyl groups excluding tert-OH is 1. The number of fused-ring (bicyclic) bond motifs is 1. The average molecular weight is 426 g/mol. The Kier molecular flexibility index (Phi) is 7.07. The number of hydrogen-bond acceptors (Lipinski definition) is 4. The number of ether oxygens (including phenoxy) is 1. The molecule has 0 atom stereocenters. The van der Waals surface area contributed by atoms with E-state index < -0.39 is 0 Å². The first-order valence-corrected chi connectivity index (χ1v) is 10.3. The Labute approximate surface area is 181 Å². The van der Waals surface area contributed by atoms with E-state index >= 15 is 0 Å². The maximum absolute atomic E-state index is 12.7. The van der Waals surface area contributed by atoms with Crippen molar-refractivity contribution in [2.45, 2.75) is 26.8 Å². The van der Waals surface area contributed by atoms with Crippen LogP contribution in [0.5, 0.6) is 5.75 Å². The third-order valence-corrected chi connectivity index (χ3v) is 5.46. The van der Waals surface area contributed by atoms with Crippen LogP contribution >= 0.6 is 12.2 Å². The molecule has 6 nitrogen and oxygen atoms in total. The summed E-state index contributed by atoms with van der Waals surface area (Å²) in [5, 5.41) is 14.0. The fourth-order valence-corrected chi connectivity index (χ4v) is 3.61. The molecule has 2 aromatic carbocycles. The quantitative estimate of drug-likeness (QED) is 0.501. The topological polar surface area (TPSA) is 77.6 Å². The largest absolute Gasteiger partial charge is 0.497 e. The summed E-state index contributed by atoms with van der Waals surface area (Å²) in [6.07, 6.45) is 0.550. The van der Waals surface area contributed by atoms with Crippen molar-refractivity contribution in [2.75, 3.05) is 25.6 Å². The molecule has 0 aliphatic heterocycles. The average Bonchev–Trinajstić information content (AvgIpc) is 2.75. The second kappa shape index (κ2) is 9.73. The molecular weight excluding hydrogens is 398 g/mol. The summed E-state index contributed by atoms with van der Waals surface area (Å²) in [6, 6.07) is 13.5. The van der Waals surface area contributed by atoms with Gasteiger partial charge in [-0.25, -0.2) is 0 Å². The zero-order chi connectivity index (χ0) is 21.7. The number of hydrogen-bond donors (Lipinski definition) is 3. The van der Waals surface area contributed by atoms with Crippen molar-refractivity contribution in [1.82, 2.24) is 9.88 Å². The zero-order valence-electron chi connectivity index (χ0n) is 17.5. The third kappa shape index (κ3) is 4.98. The van der Waals surface area contributed by atoms with Gasteiger partial charge in [-0.1, -0.05) is 12.1 Å². The first-order chi connectivity index (χ1) is 14.4. The van der Waals surface area contributed by atoms with Crippen molar-refractivity contribution in [1.29, 1.82) is 0 Å². The highest BCUT2D eigenvalue weighted by molar-refractivity contribution is 7.80. The number of rotatable bonds is 7. The number of H-pyrrole nitrogens is 1. The molecule has 0 bridgehead atoms. The number of aliphatic hydroxyl groups is 1. The van der Waals surface area contributed by atoms with Crippen LogP contribution < -0.4 is 15.6 Å². The van der Waals surface area contributed by atoms with Gasteiger partial charge >= 0.3 is 0 Å². The number of aryl methyl sites for hydroxylation is 2. The van der Waals surface area contributed by atoms with Gasteiger partial charge < -0.3 is 25.0 Å². The molecule has 7 heteroatoms. The van der Waals surface area contributed by atoms with E-state index in [1.54, 1.807) is 7.11 Å². The van der Waals surface area contributed by atoms with Crippen LogP contribution in [0.25, 0.3) is 10.9 Å². The smallest absolute Gasteiger partial charge is 0.253 e. The first-order valence-electron chi connectivity index (χ1n) is 9.86.